The lowest BCUT2D eigenvalue weighted by Gasteiger charge is -2.19. The van der Waals surface area contributed by atoms with Gasteiger partial charge in [0.15, 0.2) is 15.7 Å². The van der Waals surface area contributed by atoms with Crippen molar-refractivity contribution < 1.29 is 31.1 Å². The molecule has 2 unspecified atom stereocenters. The third-order valence-corrected chi connectivity index (χ3v) is 8.98. The number of benzene rings is 2. The SMILES string of the molecule is O=C(NN1CC2CCCC2C1)Oc1nn(-c2ccc(F)cc2F)c2c1CS(=O)(=O)C/C2=C\c1ccc(F)cc1. The topological polar surface area (TPSA) is 93.5 Å². The van der Waals surface area contributed by atoms with Gasteiger partial charge in [0.1, 0.15) is 17.3 Å². The molecule has 0 bridgehead atoms. The van der Waals surface area contributed by atoms with E-state index in [-0.39, 0.29) is 28.4 Å². The van der Waals surface area contributed by atoms with Crippen LogP contribution >= 0.6 is 0 Å². The molecule has 1 saturated carbocycles. The normalized spacial score (nSPS) is 23.0. The van der Waals surface area contributed by atoms with Crippen LogP contribution in [0.15, 0.2) is 42.5 Å². The number of halogens is 3. The van der Waals surface area contributed by atoms with E-state index in [2.05, 4.69) is 10.5 Å². The minimum atomic E-state index is -3.72. The fourth-order valence-electron chi connectivity index (χ4n) is 5.81. The van der Waals surface area contributed by atoms with Crippen molar-refractivity contribution in [2.24, 2.45) is 11.8 Å². The van der Waals surface area contributed by atoms with E-state index in [1.165, 1.54) is 42.8 Å². The lowest BCUT2D eigenvalue weighted by molar-refractivity contribution is 0.153. The molecule has 1 aliphatic carbocycles. The van der Waals surface area contributed by atoms with E-state index in [1.807, 2.05) is 0 Å². The number of carbonyl (C=O) groups excluding carboxylic acids is 1. The Balaban J connectivity index is 1.40. The van der Waals surface area contributed by atoms with Gasteiger partial charge >= 0.3 is 6.09 Å². The second-order valence-corrected chi connectivity index (χ2v) is 12.3. The third-order valence-electron chi connectivity index (χ3n) is 7.50. The zero-order chi connectivity index (χ0) is 27.3. The van der Waals surface area contributed by atoms with Gasteiger partial charge in [-0.3, -0.25) is 5.43 Å². The van der Waals surface area contributed by atoms with E-state index < -0.39 is 44.9 Å². The maximum atomic E-state index is 14.9. The molecule has 3 heterocycles. The molecule has 0 spiro atoms. The second kappa shape index (κ2) is 9.83. The number of rotatable bonds is 4. The Kier molecular flexibility index (Phi) is 6.46. The van der Waals surface area contributed by atoms with Crippen LogP contribution in [0, 0.1) is 29.3 Å². The highest BCUT2D eigenvalue weighted by molar-refractivity contribution is 7.91. The smallest absolute Gasteiger partial charge is 0.388 e. The quantitative estimate of drug-likeness (QED) is 0.507. The minimum absolute atomic E-state index is 0.0757. The second-order valence-electron chi connectivity index (χ2n) is 10.3. The number of aromatic nitrogens is 2. The molecule has 3 aromatic rings. The summed E-state index contributed by atoms with van der Waals surface area (Å²) in [5.74, 6) is -2.36. The first kappa shape index (κ1) is 25.6. The van der Waals surface area contributed by atoms with E-state index in [1.54, 1.807) is 5.01 Å². The van der Waals surface area contributed by atoms with Gasteiger partial charge in [0, 0.05) is 19.2 Å². The van der Waals surface area contributed by atoms with Crippen molar-refractivity contribution >= 4 is 27.6 Å². The van der Waals surface area contributed by atoms with Crippen molar-refractivity contribution in [2.45, 2.75) is 25.0 Å². The summed E-state index contributed by atoms with van der Waals surface area (Å²) in [4.78, 5) is 12.8. The largest absolute Gasteiger partial charge is 0.428 e. The van der Waals surface area contributed by atoms with Crippen LogP contribution in [0.1, 0.15) is 36.1 Å². The third kappa shape index (κ3) is 5.18. The molecule has 0 radical (unpaired) electrons. The molecule has 12 heteroatoms. The number of hydrogen-bond acceptors (Lipinski definition) is 6. The van der Waals surface area contributed by atoms with E-state index in [0.29, 0.717) is 36.6 Å². The van der Waals surface area contributed by atoms with Crippen LogP contribution in [0.5, 0.6) is 5.88 Å². The maximum Gasteiger partial charge on any atom is 0.428 e. The van der Waals surface area contributed by atoms with Crippen molar-refractivity contribution in [3.05, 3.63) is 76.7 Å². The molecule has 39 heavy (non-hydrogen) atoms. The Labute approximate surface area is 223 Å². The summed E-state index contributed by atoms with van der Waals surface area (Å²) in [6, 6.07) is 8.30. The predicted molar refractivity (Wildman–Crippen MR) is 137 cm³/mol. The lowest BCUT2D eigenvalue weighted by atomic mass is 10.0. The van der Waals surface area contributed by atoms with E-state index in [0.717, 1.165) is 23.6 Å². The molecule has 204 valence electrons. The number of ether oxygens (including phenoxy) is 1. The summed E-state index contributed by atoms with van der Waals surface area (Å²) >= 11 is 0. The fourth-order valence-corrected chi connectivity index (χ4v) is 7.31. The molecule has 1 N–H and O–H groups in total. The van der Waals surface area contributed by atoms with Gasteiger partial charge in [0.25, 0.3) is 0 Å². The molecule has 2 fully saturated rings. The number of hydrazine groups is 1. The monoisotopic (exact) mass is 558 g/mol. The molecule has 2 aliphatic heterocycles. The summed E-state index contributed by atoms with van der Waals surface area (Å²) in [6.07, 6.45) is 4.09. The summed E-state index contributed by atoms with van der Waals surface area (Å²) < 4.78 is 74.5. The highest BCUT2D eigenvalue weighted by atomic mass is 32.2. The van der Waals surface area contributed by atoms with Crippen LogP contribution in [-0.2, 0) is 15.6 Å². The highest BCUT2D eigenvalue weighted by Gasteiger charge is 2.38. The van der Waals surface area contributed by atoms with Gasteiger partial charge in [-0.1, -0.05) is 18.6 Å². The van der Waals surface area contributed by atoms with Crippen LogP contribution in [0.3, 0.4) is 0 Å². The van der Waals surface area contributed by atoms with Crippen molar-refractivity contribution in [2.75, 3.05) is 18.8 Å². The molecule has 2 aromatic carbocycles. The maximum absolute atomic E-state index is 14.9. The Bertz CT molecular complexity index is 1570. The molecule has 2 atom stereocenters. The Hall–Kier alpha value is -3.64. The van der Waals surface area contributed by atoms with Gasteiger partial charge in [-0.2, -0.15) is 0 Å². The van der Waals surface area contributed by atoms with Crippen LogP contribution in [-0.4, -0.2) is 48.1 Å². The van der Waals surface area contributed by atoms with Crippen LogP contribution in [0.25, 0.3) is 17.3 Å². The van der Waals surface area contributed by atoms with Crippen LogP contribution < -0.4 is 10.2 Å². The van der Waals surface area contributed by atoms with E-state index >= 15 is 0 Å². The average molecular weight is 559 g/mol. The first-order valence-corrected chi connectivity index (χ1v) is 14.4. The Morgan fingerprint density at radius 1 is 1.00 bits per heavy atom. The zero-order valence-electron chi connectivity index (χ0n) is 20.7. The number of sulfone groups is 1. The molecule has 1 aromatic heterocycles. The Morgan fingerprint density at radius 3 is 2.38 bits per heavy atom. The molecule has 3 aliphatic rings. The number of nitrogens with zero attached hydrogens (tertiary/aromatic N) is 3. The Morgan fingerprint density at radius 2 is 1.69 bits per heavy atom. The fraction of sp³-hybridized carbons (Fsp3) is 0.333. The van der Waals surface area contributed by atoms with Gasteiger partial charge in [-0.05, 0) is 66.2 Å². The molecule has 1 amide bonds. The molecular weight excluding hydrogens is 533 g/mol. The zero-order valence-corrected chi connectivity index (χ0v) is 21.6. The number of nitrogens with one attached hydrogen (secondary N) is 1. The minimum Gasteiger partial charge on any atom is -0.388 e. The van der Waals surface area contributed by atoms with Crippen molar-refractivity contribution in [1.29, 1.82) is 0 Å². The van der Waals surface area contributed by atoms with E-state index in [9.17, 15) is 26.4 Å². The number of amides is 1. The molecule has 8 nitrogen and oxygen atoms in total. The summed E-state index contributed by atoms with van der Waals surface area (Å²) in [6.45, 7) is 1.40. The predicted octanol–water partition coefficient (Wildman–Crippen LogP) is 4.49. The first-order valence-electron chi connectivity index (χ1n) is 12.6. The number of carbonyl (C=O) groups is 1. The lowest BCUT2D eigenvalue weighted by Crippen LogP contribution is -2.42. The van der Waals surface area contributed by atoms with Gasteiger partial charge in [-0.25, -0.2) is 36.1 Å². The molecule has 6 rings (SSSR count). The number of fused-ring (bicyclic) bond motifs is 2. The van der Waals surface area contributed by atoms with E-state index in [4.69, 9.17) is 4.74 Å². The molecule has 1 saturated heterocycles. The van der Waals surface area contributed by atoms with Gasteiger partial charge in [0.05, 0.1) is 22.8 Å². The summed E-state index contributed by atoms with van der Waals surface area (Å²) in [5.41, 5.74) is 3.58. The van der Waals surface area contributed by atoms with Gasteiger partial charge in [-0.15, -0.1) is 5.10 Å². The van der Waals surface area contributed by atoms with Crippen molar-refractivity contribution in [1.82, 2.24) is 20.2 Å². The average Bonchev–Trinajstić information content (AvgIpc) is 3.54. The molecular formula is C27H25F3N4O4S. The van der Waals surface area contributed by atoms with Crippen LogP contribution in [0.4, 0.5) is 18.0 Å². The van der Waals surface area contributed by atoms with Crippen molar-refractivity contribution in [3.63, 3.8) is 0 Å². The van der Waals surface area contributed by atoms with Gasteiger partial charge < -0.3 is 4.74 Å². The van der Waals surface area contributed by atoms with Crippen LogP contribution in [0.2, 0.25) is 0 Å². The van der Waals surface area contributed by atoms with Gasteiger partial charge in [0.2, 0.25) is 5.88 Å². The summed E-state index contributed by atoms with van der Waals surface area (Å²) in [5, 5.41) is 6.07. The standard InChI is InChI=1S/C27H25F3N4O4S/c28-20-6-4-16(5-7-20)10-19-14-39(36,37)15-22-25(19)34(24-9-8-21(29)11-23(24)30)31-26(22)38-27(35)32-33-12-17-2-1-3-18(17)13-33/h4-11,17-18H,1-3,12-15H2,(H,32,35)/b19-10+. The highest BCUT2D eigenvalue weighted by Crippen LogP contribution is 2.39. The summed E-state index contributed by atoms with van der Waals surface area (Å²) in [7, 11) is -3.72. The first-order chi connectivity index (χ1) is 18.6. The number of hydrogen-bond donors (Lipinski definition) is 1. The van der Waals surface area contributed by atoms with Crippen molar-refractivity contribution in [3.8, 4) is 11.6 Å².